The summed E-state index contributed by atoms with van der Waals surface area (Å²) < 4.78 is 2.84. The predicted octanol–water partition coefficient (Wildman–Crippen LogP) is 2.71. The zero-order chi connectivity index (χ0) is 9.80. The molecule has 14 heavy (non-hydrogen) atoms. The number of thiophene rings is 1. The molecule has 0 aliphatic carbocycles. The van der Waals surface area contributed by atoms with Gasteiger partial charge in [-0.1, -0.05) is 11.6 Å². The van der Waals surface area contributed by atoms with Crippen molar-refractivity contribution in [3.63, 3.8) is 0 Å². The molecular weight excluding hydrogens is 218 g/mol. The average molecular weight is 228 g/mol. The fraction of sp³-hybridized carbons (Fsp3) is 0.222. The van der Waals surface area contributed by atoms with Crippen molar-refractivity contribution in [2.45, 2.75) is 6.54 Å². The summed E-state index contributed by atoms with van der Waals surface area (Å²) in [5.74, 6) is 0. The maximum atomic E-state index is 5.94. The monoisotopic (exact) mass is 227 g/mol. The second-order valence-corrected chi connectivity index (χ2v) is 4.35. The number of imidazole rings is 1. The van der Waals surface area contributed by atoms with Gasteiger partial charge in [-0.15, -0.1) is 11.3 Å². The van der Waals surface area contributed by atoms with Gasteiger partial charge >= 0.3 is 0 Å². The summed E-state index contributed by atoms with van der Waals surface area (Å²) in [6.07, 6.45) is 5.52. The number of hydrogen-bond donors (Lipinski definition) is 1. The summed E-state index contributed by atoms with van der Waals surface area (Å²) in [6.45, 7) is 1.75. The number of hydrogen-bond acceptors (Lipinski definition) is 3. The predicted molar refractivity (Wildman–Crippen MR) is 60.0 cm³/mol. The molecule has 0 unspecified atom stereocenters. The van der Waals surface area contributed by atoms with Gasteiger partial charge in [-0.05, 0) is 11.4 Å². The molecule has 0 aromatic carbocycles. The van der Waals surface area contributed by atoms with Crippen LogP contribution in [0.4, 0.5) is 5.69 Å². The van der Waals surface area contributed by atoms with E-state index in [1.165, 1.54) is 11.3 Å². The average Bonchev–Trinajstić information content (AvgIpc) is 2.78. The van der Waals surface area contributed by atoms with Crippen LogP contribution in [0.15, 0.2) is 30.2 Å². The molecule has 2 rings (SSSR count). The second kappa shape index (κ2) is 4.48. The summed E-state index contributed by atoms with van der Waals surface area (Å²) in [6, 6.07) is 1.99. The van der Waals surface area contributed by atoms with E-state index in [-0.39, 0.29) is 0 Å². The molecule has 0 saturated carbocycles. The van der Waals surface area contributed by atoms with Crippen LogP contribution in [-0.4, -0.2) is 16.1 Å². The van der Waals surface area contributed by atoms with Gasteiger partial charge in [-0.25, -0.2) is 4.98 Å². The maximum absolute atomic E-state index is 5.94. The van der Waals surface area contributed by atoms with Crippen LogP contribution in [0.5, 0.6) is 0 Å². The van der Waals surface area contributed by atoms with Crippen molar-refractivity contribution < 1.29 is 0 Å². The SMILES string of the molecule is Clc1sccc1NCCn1ccnc1. The third-order valence-corrected chi connectivity index (χ3v) is 3.03. The molecule has 74 valence electrons. The lowest BCUT2D eigenvalue weighted by Gasteiger charge is -2.04. The molecule has 1 N–H and O–H groups in total. The highest BCUT2D eigenvalue weighted by Crippen LogP contribution is 2.27. The molecular formula is C9H10ClN3S. The van der Waals surface area contributed by atoms with Crippen LogP contribution in [-0.2, 0) is 6.54 Å². The van der Waals surface area contributed by atoms with E-state index in [4.69, 9.17) is 11.6 Å². The summed E-state index contributed by atoms with van der Waals surface area (Å²) in [5.41, 5.74) is 1.01. The minimum Gasteiger partial charge on any atom is -0.381 e. The summed E-state index contributed by atoms with van der Waals surface area (Å²) in [4.78, 5) is 3.97. The number of anilines is 1. The first-order valence-electron chi connectivity index (χ1n) is 4.29. The smallest absolute Gasteiger partial charge is 0.116 e. The van der Waals surface area contributed by atoms with E-state index < -0.39 is 0 Å². The Balaban J connectivity index is 1.81. The van der Waals surface area contributed by atoms with E-state index in [9.17, 15) is 0 Å². The van der Waals surface area contributed by atoms with E-state index in [0.717, 1.165) is 23.1 Å². The summed E-state index contributed by atoms with van der Waals surface area (Å²) in [5, 5.41) is 5.24. The summed E-state index contributed by atoms with van der Waals surface area (Å²) >= 11 is 7.47. The largest absolute Gasteiger partial charge is 0.381 e. The van der Waals surface area contributed by atoms with Crippen LogP contribution in [0.25, 0.3) is 0 Å². The number of aromatic nitrogens is 2. The van der Waals surface area contributed by atoms with Crippen molar-refractivity contribution in [2.75, 3.05) is 11.9 Å². The van der Waals surface area contributed by atoms with Gasteiger partial charge in [0.05, 0.1) is 12.0 Å². The number of rotatable bonds is 4. The van der Waals surface area contributed by atoms with Crippen LogP contribution >= 0.6 is 22.9 Å². The van der Waals surface area contributed by atoms with Gasteiger partial charge in [0.1, 0.15) is 4.34 Å². The Labute approximate surface area is 91.4 Å². The lowest BCUT2D eigenvalue weighted by Crippen LogP contribution is -2.08. The molecule has 0 amide bonds. The van der Waals surface area contributed by atoms with Gasteiger partial charge in [-0.3, -0.25) is 0 Å². The fourth-order valence-electron chi connectivity index (χ4n) is 1.16. The number of nitrogens with zero attached hydrogens (tertiary/aromatic N) is 2. The Bertz CT molecular complexity index is 382. The molecule has 3 nitrogen and oxygen atoms in total. The lowest BCUT2D eigenvalue weighted by molar-refractivity contribution is 0.727. The van der Waals surface area contributed by atoms with Crippen molar-refractivity contribution in [3.05, 3.63) is 34.5 Å². The molecule has 0 atom stereocenters. The molecule has 0 bridgehead atoms. The zero-order valence-corrected chi connectivity index (χ0v) is 9.05. The Morgan fingerprint density at radius 2 is 2.50 bits per heavy atom. The lowest BCUT2D eigenvalue weighted by atomic mass is 10.5. The second-order valence-electron chi connectivity index (χ2n) is 2.84. The third kappa shape index (κ3) is 2.27. The molecule has 2 aromatic heterocycles. The Kier molecular flexibility index (Phi) is 3.06. The quantitative estimate of drug-likeness (QED) is 0.871. The topological polar surface area (TPSA) is 29.9 Å². The normalized spacial score (nSPS) is 10.4. The Morgan fingerprint density at radius 1 is 1.57 bits per heavy atom. The number of halogens is 1. The van der Waals surface area contributed by atoms with Gasteiger partial charge in [0.25, 0.3) is 0 Å². The van der Waals surface area contributed by atoms with Crippen molar-refractivity contribution in [3.8, 4) is 0 Å². The van der Waals surface area contributed by atoms with Crippen molar-refractivity contribution >= 4 is 28.6 Å². The van der Waals surface area contributed by atoms with E-state index >= 15 is 0 Å². The van der Waals surface area contributed by atoms with Crippen molar-refractivity contribution in [1.29, 1.82) is 0 Å². The van der Waals surface area contributed by atoms with Gasteiger partial charge < -0.3 is 9.88 Å². The summed E-state index contributed by atoms with van der Waals surface area (Å²) in [7, 11) is 0. The van der Waals surface area contributed by atoms with Crippen LogP contribution in [0.3, 0.4) is 0 Å². The Morgan fingerprint density at radius 3 is 3.14 bits per heavy atom. The van der Waals surface area contributed by atoms with Gasteiger partial charge in [-0.2, -0.15) is 0 Å². The first kappa shape index (κ1) is 9.55. The Hall–Kier alpha value is -1.00. The molecule has 2 heterocycles. The molecule has 0 aliphatic heterocycles. The van der Waals surface area contributed by atoms with E-state index in [2.05, 4.69) is 10.3 Å². The zero-order valence-electron chi connectivity index (χ0n) is 7.48. The fourth-order valence-corrected chi connectivity index (χ4v) is 2.03. The standard InChI is InChI=1S/C9H10ClN3S/c10-9-8(1-6-14-9)12-3-5-13-4-2-11-7-13/h1-2,4,6-7,12H,3,5H2. The molecule has 2 aromatic rings. The highest BCUT2D eigenvalue weighted by atomic mass is 35.5. The third-order valence-electron chi connectivity index (χ3n) is 1.86. The molecule has 0 saturated heterocycles. The van der Waals surface area contributed by atoms with E-state index in [1.54, 1.807) is 12.5 Å². The van der Waals surface area contributed by atoms with Crippen molar-refractivity contribution in [1.82, 2.24) is 9.55 Å². The first-order chi connectivity index (χ1) is 6.86. The number of nitrogens with one attached hydrogen (secondary N) is 1. The van der Waals surface area contributed by atoms with Crippen LogP contribution in [0.2, 0.25) is 4.34 Å². The van der Waals surface area contributed by atoms with Gasteiger partial charge in [0, 0.05) is 25.5 Å². The van der Waals surface area contributed by atoms with Crippen LogP contribution < -0.4 is 5.32 Å². The first-order valence-corrected chi connectivity index (χ1v) is 5.54. The van der Waals surface area contributed by atoms with Crippen LogP contribution in [0.1, 0.15) is 0 Å². The highest BCUT2D eigenvalue weighted by molar-refractivity contribution is 7.15. The van der Waals surface area contributed by atoms with Crippen molar-refractivity contribution in [2.24, 2.45) is 0 Å². The molecule has 0 spiro atoms. The minimum atomic E-state index is 0.815. The molecule has 0 radical (unpaired) electrons. The molecule has 5 heteroatoms. The van der Waals surface area contributed by atoms with Crippen LogP contribution in [0, 0.1) is 0 Å². The molecule has 0 aliphatic rings. The van der Waals surface area contributed by atoms with E-state index in [0.29, 0.717) is 0 Å². The highest BCUT2D eigenvalue weighted by Gasteiger charge is 1.99. The maximum Gasteiger partial charge on any atom is 0.116 e. The minimum absolute atomic E-state index is 0.815. The molecule has 0 fully saturated rings. The van der Waals surface area contributed by atoms with Gasteiger partial charge in [0.15, 0.2) is 0 Å². The van der Waals surface area contributed by atoms with Gasteiger partial charge in [0.2, 0.25) is 0 Å². The van der Waals surface area contributed by atoms with E-state index in [1.807, 2.05) is 22.2 Å².